The van der Waals surface area contributed by atoms with Gasteiger partial charge in [0.1, 0.15) is 0 Å². The molecule has 4 aromatic carbocycles. The van der Waals surface area contributed by atoms with Crippen LogP contribution in [0.5, 0.6) is 0 Å². The standard InChI is InChI=1S/2C12H11.C3H6.2ClH.Zr/c2*1-2-4-11-9(3-1)7-8-12(11)10-5-6-10;1-3-2;;;/h2*1-4,7-8,10H,5-6H2;1-2H3;2*1H;/q2*-1;;;;+2/p-2. The third-order valence-electron chi connectivity index (χ3n) is 5.84. The molecule has 156 valence electrons. The zero-order chi connectivity index (χ0) is 21.1. The second kappa shape index (κ2) is 10.1. The largest absolute Gasteiger partial charge is 0.150 e. The van der Waals surface area contributed by atoms with Crippen LogP contribution >= 0.6 is 17.0 Å². The quantitative estimate of drug-likeness (QED) is 0.234. The molecule has 0 bridgehead atoms. The molecule has 2 saturated carbocycles. The van der Waals surface area contributed by atoms with Crippen molar-refractivity contribution < 1.29 is 18.9 Å². The van der Waals surface area contributed by atoms with Crippen LogP contribution in [-0.2, 0) is 18.9 Å². The molecule has 2 fully saturated rings. The van der Waals surface area contributed by atoms with Crippen molar-refractivity contribution >= 4 is 41.8 Å². The van der Waals surface area contributed by atoms with Gasteiger partial charge in [0.15, 0.2) is 0 Å². The molecule has 0 unspecified atom stereocenters. The van der Waals surface area contributed by atoms with E-state index in [9.17, 15) is 0 Å². The van der Waals surface area contributed by atoms with Crippen LogP contribution in [-0.4, -0.2) is 3.21 Å². The molecule has 0 N–H and O–H groups in total. The van der Waals surface area contributed by atoms with Gasteiger partial charge in [0.2, 0.25) is 0 Å². The second-order valence-corrected chi connectivity index (χ2v) is 17.9. The van der Waals surface area contributed by atoms with E-state index in [-0.39, 0.29) is 0 Å². The molecule has 0 aromatic heterocycles. The van der Waals surface area contributed by atoms with Gasteiger partial charge in [-0.25, -0.2) is 0 Å². The molecule has 0 heterocycles. The van der Waals surface area contributed by atoms with Crippen molar-refractivity contribution in [3.63, 3.8) is 0 Å². The molecule has 0 saturated heterocycles. The van der Waals surface area contributed by atoms with E-state index in [0.29, 0.717) is 0 Å². The Morgan fingerprint density at radius 2 is 1.10 bits per heavy atom. The average molecular weight is 515 g/mol. The number of fused-ring (bicyclic) bond motifs is 2. The Kier molecular flexibility index (Phi) is 7.45. The van der Waals surface area contributed by atoms with Crippen LogP contribution in [0.25, 0.3) is 21.5 Å². The molecule has 0 nitrogen and oxygen atoms in total. The maximum Gasteiger partial charge on any atom is -0.0553 e. The van der Waals surface area contributed by atoms with Crippen molar-refractivity contribution in [1.29, 1.82) is 0 Å². The summed E-state index contributed by atoms with van der Waals surface area (Å²) in [5.74, 6) is 1.76. The Morgan fingerprint density at radius 1 is 0.733 bits per heavy atom. The van der Waals surface area contributed by atoms with Crippen molar-refractivity contribution in [1.82, 2.24) is 0 Å². The van der Waals surface area contributed by atoms with Gasteiger partial charge in [-0.1, -0.05) is 49.7 Å². The summed E-state index contributed by atoms with van der Waals surface area (Å²) < 4.78 is 1.24. The van der Waals surface area contributed by atoms with Crippen LogP contribution in [0.15, 0.2) is 72.8 Å². The van der Waals surface area contributed by atoms with Crippen LogP contribution in [0.3, 0.4) is 0 Å². The van der Waals surface area contributed by atoms with Crippen molar-refractivity contribution in [3.05, 3.63) is 83.9 Å². The van der Waals surface area contributed by atoms with Gasteiger partial charge in [-0.2, -0.15) is 11.1 Å². The first kappa shape index (κ1) is 22.2. The number of halogens is 2. The fourth-order valence-corrected chi connectivity index (χ4v) is 3.85. The van der Waals surface area contributed by atoms with E-state index in [4.69, 9.17) is 17.0 Å². The van der Waals surface area contributed by atoms with Crippen LogP contribution in [0.4, 0.5) is 0 Å². The van der Waals surface area contributed by atoms with Crippen molar-refractivity contribution in [3.8, 4) is 0 Å². The SMILES string of the molecule is C[C](C)=[Zr]([Cl])[Cl].c1ccc2c(C3CC3)c[cH-]c2c1.c1ccc2c(C3CC3)c[cH-]c2c1. The number of rotatable bonds is 2. The monoisotopic (exact) mass is 512 g/mol. The summed E-state index contributed by atoms with van der Waals surface area (Å²) in [4.78, 5) is 0. The Balaban J connectivity index is 0.000000116. The Hall–Kier alpha value is -1.01. The summed E-state index contributed by atoms with van der Waals surface area (Å²) in [7, 11) is 11.1. The van der Waals surface area contributed by atoms with E-state index in [2.05, 4.69) is 72.8 Å². The molecule has 2 aliphatic rings. The summed E-state index contributed by atoms with van der Waals surface area (Å²) in [6.07, 6.45) is 5.59. The van der Waals surface area contributed by atoms with E-state index in [0.717, 1.165) is 11.8 Å². The van der Waals surface area contributed by atoms with Gasteiger partial charge in [0, 0.05) is 0 Å². The van der Waals surface area contributed by atoms with Crippen molar-refractivity contribution in [2.75, 3.05) is 0 Å². The molecule has 3 heteroatoms. The molecular formula is C27H28Cl2Zr-2. The normalized spacial score (nSPS) is 15.2. The van der Waals surface area contributed by atoms with Gasteiger partial charge >= 0.3 is 53.0 Å². The van der Waals surface area contributed by atoms with E-state index in [1.807, 2.05) is 13.8 Å². The smallest absolute Gasteiger partial charge is 0.0553 e. The first-order chi connectivity index (χ1) is 14.5. The maximum atomic E-state index is 5.54. The van der Waals surface area contributed by atoms with E-state index >= 15 is 0 Å². The van der Waals surface area contributed by atoms with E-state index in [1.165, 1.54) is 50.4 Å². The summed E-state index contributed by atoms with van der Waals surface area (Å²) in [6, 6.07) is 26.4. The minimum atomic E-state index is -1.84. The van der Waals surface area contributed by atoms with Gasteiger partial charge in [-0.05, 0) is 0 Å². The minimum Gasteiger partial charge on any atom is -0.150 e. The zero-order valence-corrected chi connectivity index (χ0v) is 21.6. The van der Waals surface area contributed by atoms with E-state index in [1.54, 1.807) is 11.1 Å². The predicted octanol–water partition coefficient (Wildman–Crippen LogP) is 9.00. The second-order valence-electron chi connectivity index (χ2n) is 8.56. The van der Waals surface area contributed by atoms with Crippen LogP contribution in [0.1, 0.15) is 62.5 Å². The molecule has 6 rings (SSSR count). The minimum absolute atomic E-state index is 0.880. The third kappa shape index (κ3) is 5.61. The van der Waals surface area contributed by atoms with Gasteiger partial charge in [0.25, 0.3) is 0 Å². The molecule has 0 radical (unpaired) electrons. The molecule has 0 amide bonds. The Labute approximate surface area is 194 Å². The van der Waals surface area contributed by atoms with Crippen molar-refractivity contribution in [2.45, 2.75) is 51.4 Å². The molecule has 4 aromatic rings. The van der Waals surface area contributed by atoms with Gasteiger partial charge in [-0.3, -0.25) is 0 Å². The summed E-state index contributed by atoms with van der Waals surface area (Å²) in [6.45, 7) is 3.96. The van der Waals surface area contributed by atoms with Gasteiger partial charge in [0.05, 0.1) is 0 Å². The summed E-state index contributed by atoms with van der Waals surface area (Å²) >= 11 is -1.84. The predicted molar refractivity (Wildman–Crippen MR) is 131 cm³/mol. The fourth-order valence-electron chi connectivity index (χ4n) is 3.85. The number of benzene rings is 2. The first-order valence-electron chi connectivity index (χ1n) is 10.8. The topological polar surface area (TPSA) is 0 Å². The summed E-state index contributed by atoms with van der Waals surface area (Å²) in [5, 5.41) is 5.75. The number of hydrogen-bond donors (Lipinski definition) is 0. The number of hydrogen-bond acceptors (Lipinski definition) is 0. The average Bonchev–Trinajstić information content (AvgIpc) is 3.69. The Bertz CT molecular complexity index is 1060. The molecule has 30 heavy (non-hydrogen) atoms. The third-order valence-corrected chi connectivity index (χ3v) is 12.2. The summed E-state index contributed by atoms with van der Waals surface area (Å²) in [5.41, 5.74) is 3.15. The van der Waals surface area contributed by atoms with Gasteiger partial charge < -0.3 is 0 Å². The van der Waals surface area contributed by atoms with Crippen LogP contribution in [0, 0.1) is 0 Å². The van der Waals surface area contributed by atoms with Crippen LogP contribution < -0.4 is 0 Å². The molecule has 0 atom stereocenters. The maximum absolute atomic E-state index is 5.54. The van der Waals surface area contributed by atoms with E-state index < -0.39 is 18.9 Å². The molecule has 2 aliphatic carbocycles. The Morgan fingerprint density at radius 3 is 1.43 bits per heavy atom. The van der Waals surface area contributed by atoms with Gasteiger partial charge in [-0.15, -0.1) is 82.2 Å². The zero-order valence-electron chi connectivity index (χ0n) is 17.7. The van der Waals surface area contributed by atoms with Crippen LogP contribution in [0.2, 0.25) is 0 Å². The molecular weight excluding hydrogens is 486 g/mol. The fraction of sp³-hybridized carbons (Fsp3) is 0.296. The molecule has 0 spiro atoms. The first-order valence-corrected chi connectivity index (χ1v) is 18.4. The molecule has 0 aliphatic heterocycles. The van der Waals surface area contributed by atoms with Crippen molar-refractivity contribution in [2.24, 2.45) is 0 Å².